The molecule has 3 aromatic rings. The first-order valence-corrected chi connectivity index (χ1v) is 8.72. The number of carbonyl (C=O) groups excluding carboxylic acids is 1. The van der Waals surface area contributed by atoms with Gasteiger partial charge < -0.3 is 14.6 Å². The summed E-state index contributed by atoms with van der Waals surface area (Å²) in [7, 11) is 1.81. The van der Waals surface area contributed by atoms with E-state index >= 15 is 0 Å². The molecule has 0 unspecified atom stereocenters. The van der Waals surface area contributed by atoms with E-state index in [2.05, 4.69) is 4.98 Å². The number of imidazole rings is 1. The minimum absolute atomic E-state index is 0.0474. The third kappa shape index (κ3) is 4.16. The highest BCUT2D eigenvalue weighted by Gasteiger charge is 2.21. The Kier molecular flexibility index (Phi) is 5.26. The normalized spacial score (nSPS) is 11.0. The van der Waals surface area contributed by atoms with Gasteiger partial charge in [-0.2, -0.15) is 0 Å². The number of hydrogen-bond donors (Lipinski definition) is 1. The largest absolute Gasteiger partial charge is 0.508 e. The van der Waals surface area contributed by atoms with Crippen LogP contribution in [0.5, 0.6) is 5.75 Å². The monoisotopic (exact) mass is 367 g/mol. The molecule has 1 aromatic heterocycles. The van der Waals surface area contributed by atoms with Gasteiger partial charge in [0.2, 0.25) is 0 Å². The fraction of sp³-hybridized carbons (Fsp3) is 0.238. The molecule has 1 heterocycles. The van der Waals surface area contributed by atoms with Crippen LogP contribution in [-0.2, 0) is 13.6 Å². The van der Waals surface area contributed by atoms with Crippen LogP contribution < -0.4 is 0 Å². The van der Waals surface area contributed by atoms with Gasteiger partial charge in [0.25, 0.3) is 5.91 Å². The van der Waals surface area contributed by atoms with E-state index in [4.69, 9.17) is 0 Å². The molecule has 1 N–H and O–H groups in total. The predicted molar refractivity (Wildman–Crippen MR) is 102 cm³/mol. The van der Waals surface area contributed by atoms with E-state index in [9.17, 15) is 14.3 Å². The molecule has 6 heteroatoms. The number of rotatable bonds is 5. The summed E-state index contributed by atoms with van der Waals surface area (Å²) in [6, 6.07) is 11.2. The number of aryl methyl sites for hydroxylation is 1. The van der Waals surface area contributed by atoms with Crippen molar-refractivity contribution < 1.29 is 14.3 Å². The van der Waals surface area contributed by atoms with Crippen molar-refractivity contribution in [2.24, 2.45) is 7.05 Å². The van der Waals surface area contributed by atoms with Crippen molar-refractivity contribution in [1.29, 1.82) is 0 Å². The number of phenols is 1. The van der Waals surface area contributed by atoms with Crippen LogP contribution in [0.15, 0.2) is 55.0 Å². The van der Waals surface area contributed by atoms with E-state index in [1.54, 1.807) is 46.3 Å². The lowest BCUT2D eigenvalue weighted by Gasteiger charge is -2.26. The Labute approximate surface area is 157 Å². The molecule has 0 radical (unpaired) electrons. The van der Waals surface area contributed by atoms with Crippen LogP contribution in [-0.4, -0.2) is 31.5 Å². The molecule has 2 aromatic carbocycles. The third-order valence-electron chi connectivity index (χ3n) is 4.35. The van der Waals surface area contributed by atoms with Crippen molar-refractivity contribution in [2.45, 2.75) is 26.4 Å². The standard InChI is InChI=1S/C21H22FN3O2/c1-14(2)25(21(27)20-12-24(3)13-23-20)11-15-7-8-19(22)18(9-15)16-5-4-6-17(26)10-16/h4-10,12-14,26H,11H2,1-3H3. The van der Waals surface area contributed by atoms with Crippen molar-refractivity contribution in [3.63, 3.8) is 0 Å². The number of nitrogens with zero attached hydrogens (tertiary/aromatic N) is 3. The minimum Gasteiger partial charge on any atom is -0.508 e. The second kappa shape index (κ2) is 7.61. The molecule has 1 amide bonds. The first-order chi connectivity index (χ1) is 12.8. The number of aromatic hydroxyl groups is 1. The Hall–Kier alpha value is -3.15. The Morgan fingerprint density at radius 2 is 2.04 bits per heavy atom. The van der Waals surface area contributed by atoms with Gasteiger partial charge >= 0.3 is 0 Å². The Morgan fingerprint density at radius 3 is 2.67 bits per heavy atom. The highest BCUT2D eigenvalue weighted by atomic mass is 19.1. The van der Waals surface area contributed by atoms with Crippen LogP contribution in [0.2, 0.25) is 0 Å². The molecule has 0 aliphatic carbocycles. The second-order valence-corrected chi connectivity index (χ2v) is 6.82. The summed E-state index contributed by atoms with van der Waals surface area (Å²) < 4.78 is 16.1. The average Bonchev–Trinajstić information content (AvgIpc) is 3.06. The van der Waals surface area contributed by atoms with E-state index < -0.39 is 0 Å². The minimum atomic E-state index is -0.378. The molecule has 3 rings (SSSR count). The van der Waals surface area contributed by atoms with Gasteiger partial charge in [0.05, 0.1) is 6.33 Å². The van der Waals surface area contributed by atoms with Gasteiger partial charge in [-0.15, -0.1) is 0 Å². The molecule has 5 nitrogen and oxygen atoms in total. The maximum absolute atomic E-state index is 14.3. The highest BCUT2D eigenvalue weighted by molar-refractivity contribution is 5.92. The fourth-order valence-electron chi connectivity index (χ4n) is 2.92. The van der Waals surface area contributed by atoms with Crippen LogP contribution in [0.3, 0.4) is 0 Å². The van der Waals surface area contributed by atoms with Crippen LogP contribution in [0, 0.1) is 5.82 Å². The van der Waals surface area contributed by atoms with Gasteiger partial charge in [0.15, 0.2) is 0 Å². The highest BCUT2D eigenvalue weighted by Crippen LogP contribution is 2.27. The Bertz CT molecular complexity index is 966. The zero-order valence-electron chi connectivity index (χ0n) is 15.6. The van der Waals surface area contributed by atoms with Crippen LogP contribution in [0.25, 0.3) is 11.1 Å². The first-order valence-electron chi connectivity index (χ1n) is 8.72. The number of benzene rings is 2. The molecule has 0 aliphatic rings. The van der Waals surface area contributed by atoms with Gasteiger partial charge in [-0.25, -0.2) is 9.37 Å². The molecule has 0 aliphatic heterocycles. The SMILES string of the molecule is CC(C)N(Cc1ccc(F)c(-c2cccc(O)c2)c1)C(=O)c1cn(C)cn1. The van der Waals surface area contributed by atoms with E-state index in [0.717, 1.165) is 5.56 Å². The average molecular weight is 367 g/mol. The number of hydrogen-bond acceptors (Lipinski definition) is 3. The van der Waals surface area contributed by atoms with Gasteiger partial charge in [0, 0.05) is 31.4 Å². The van der Waals surface area contributed by atoms with E-state index in [0.29, 0.717) is 23.4 Å². The summed E-state index contributed by atoms with van der Waals surface area (Å²) >= 11 is 0. The third-order valence-corrected chi connectivity index (χ3v) is 4.35. The van der Waals surface area contributed by atoms with Crippen LogP contribution in [0.4, 0.5) is 4.39 Å². The zero-order chi connectivity index (χ0) is 19.6. The number of aromatic nitrogens is 2. The van der Waals surface area contributed by atoms with Gasteiger partial charge in [-0.3, -0.25) is 4.79 Å². The maximum Gasteiger partial charge on any atom is 0.274 e. The molecule has 0 fully saturated rings. The molecule has 0 saturated carbocycles. The summed E-state index contributed by atoms with van der Waals surface area (Å²) in [5.74, 6) is -0.475. The van der Waals surface area contributed by atoms with E-state index in [-0.39, 0.29) is 23.5 Å². The van der Waals surface area contributed by atoms with E-state index in [1.807, 2.05) is 20.9 Å². The molecule has 0 bridgehead atoms. The first kappa shape index (κ1) is 18.6. The summed E-state index contributed by atoms with van der Waals surface area (Å²) in [6.07, 6.45) is 3.27. The van der Waals surface area contributed by atoms with Crippen molar-refractivity contribution in [1.82, 2.24) is 14.5 Å². The Balaban J connectivity index is 1.91. The fourth-order valence-corrected chi connectivity index (χ4v) is 2.92. The lowest BCUT2D eigenvalue weighted by Crippen LogP contribution is -2.36. The zero-order valence-corrected chi connectivity index (χ0v) is 15.6. The van der Waals surface area contributed by atoms with Gasteiger partial charge in [0.1, 0.15) is 17.3 Å². The quantitative estimate of drug-likeness (QED) is 0.742. The summed E-state index contributed by atoms with van der Waals surface area (Å²) in [4.78, 5) is 18.6. The molecule has 0 saturated heterocycles. The van der Waals surface area contributed by atoms with Gasteiger partial charge in [-0.05, 0) is 49.2 Å². The lowest BCUT2D eigenvalue weighted by atomic mass is 10.0. The molecule has 27 heavy (non-hydrogen) atoms. The lowest BCUT2D eigenvalue weighted by molar-refractivity contribution is 0.0684. The molecule has 140 valence electrons. The molecular formula is C21H22FN3O2. The summed E-state index contributed by atoms with van der Waals surface area (Å²) in [5.41, 5.74) is 2.15. The van der Waals surface area contributed by atoms with Crippen molar-refractivity contribution in [3.05, 3.63) is 72.1 Å². The topological polar surface area (TPSA) is 58.4 Å². The summed E-state index contributed by atoms with van der Waals surface area (Å²) in [5, 5.41) is 9.67. The van der Waals surface area contributed by atoms with Crippen molar-refractivity contribution in [3.8, 4) is 16.9 Å². The molecule has 0 atom stereocenters. The maximum atomic E-state index is 14.3. The molecular weight excluding hydrogens is 345 g/mol. The second-order valence-electron chi connectivity index (χ2n) is 6.82. The van der Waals surface area contributed by atoms with Crippen molar-refractivity contribution in [2.75, 3.05) is 0 Å². The summed E-state index contributed by atoms with van der Waals surface area (Å²) in [6.45, 7) is 4.19. The van der Waals surface area contributed by atoms with E-state index in [1.165, 1.54) is 18.2 Å². The number of halogens is 1. The molecule has 0 spiro atoms. The number of carbonyl (C=O) groups is 1. The Morgan fingerprint density at radius 1 is 1.26 bits per heavy atom. The number of amides is 1. The number of phenolic OH excluding ortho intramolecular Hbond substituents is 1. The van der Waals surface area contributed by atoms with Crippen LogP contribution in [0.1, 0.15) is 29.9 Å². The predicted octanol–water partition coefficient (Wildman–Crippen LogP) is 3.98. The van der Waals surface area contributed by atoms with Gasteiger partial charge in [-0.1, -0.05) is 18.2 Å². The van der Waals surface area contributed by atoms with Crippen molar-refractivity contribution >= 4 is 5.91 Å². The smallest absolute Gasteiger partial charge is 0.274 e. The van der Waals surface area contributed by atoms with Crippen LogP contribution >= 0.6 is 0 Å².